The molecule has 6 nitrogen and oxygen atoms in total. The van der Waals surface area contributed by atoms with Crippen LogP contribution in [0.5, 0.6) is 0 Å². The lowest BCUT2D eigenvalue weighted by atomic mass is 10.1. The quantitative estimate of drug-likeness (QED) is 0.713. The third kappa shape index (κ3) is 4.12. The second-order valence-electron chi connectivity index (χ2n) is 5.13. The van der Waals surface area contributed by atoms with Gasteiger partial charge in [0.15, 0.2) is 0 Å². The maximum absolute atomic E-state index is 13.1. The van der Waals surface area contributed by atoms with Gasteiger partial charge >= 0.3 is 6.03 Å². The molecule has 0 unspecified atom stereocenters. The lowest BCUT2D eigenvalue weighted by Crippen LogP contribution is -2.62. The Bertz CT molecular complexity index is 498. The van der Waals surface area contributed by atoms with Gasteiger partial charge in [0.2, 0.25) is 0 Å². The number of hydrogen-bond donors (Lipinski definition) is 3. The summed E-state index contributed by atoms with van der Waals surface area (Å²) in [6.07, 6.45) is 0. The van der Waals surface area contributed by atoms with Crippen LogP contribution in [0.1, 0.15) is 0 Å². The standard InChI is InChI=1S/C14H19F2N3O3/c15-10-5-11(16)7-12(6-10)17-14(22)19-8-13(9-19)18(1-3-20)2-4-21/h5-7,13,20-21H,1-4,8-9H2,(H,17,22). The molecule has 1 aromatic carbocycles. The van der Waals surface area contributed by atoms with Crippen LogP contribution in [-0.4, -0.2) is 71.5 Å². The molecule has 122 valence electrons. The summed E-state index contributed by atoms with van der Waals surface area (Å²) in [6.45, 7) is 1.68. The maximum atomic E-state index is 13.1. The van der Waals surface area contributed by atoms with E-state index in [0.717, 1.165) is 18.2 Å². The Morgan fingerprint density at radius 1 is 1.18 bits per heavy atom. The minimum absolute atomic E-state index is 0.0226. The zero-order valence-corrected chi connectivity index (χ0v) is 12.0. The molecule has 0 saturated carbocycles. The van der Waals surface area contributed by atoms with Crippen LogP contribution in [0.25, 0.3) is 0 Å². The zero-order chi connectivity index (χ0) is 16.1. The molecule has 0 spiro atoms. The van der Waals surface area contributed by atoms with Gasteiger partial charge in [-0.15, -0.1) is 0 Å². The molecule has 1 fully saturated rings. The predicted octanol–water partition coefficient (Wildman–Crippen LogP) is 0.467. The summed E-state index contributed by atoms with van der Waals surface area (Å²) in [5.74, 6) is -1.51. The number of amides is 2. The van der Waals surface area contributed by atoms with Gasteiger partial charge in [0.05, 0.1) is 13.2 Å². The molecule has 0 aromatic heterocycles. The largest absolute Gasteiger partial charge is 0.395 e. The number of anilines is 1. The van der Waals surface area contributed by atoms with Crippen molar-refractivity contribution >= 4 is 11.7 Å². The normalized spacial score (nSPS) is 15.0. The first kappa shape index (κ1) is 16.6. The van der Waals surface area contributed by atoms with Crippen molar-refractivity contribution in [3.8, 4) is 0 Å². The second kappa shape index (κ2) is 7.48. The third-order valence-electron chi connectivity index (χ3n) is 3.55. The molecule has 0 radical (unpaired) electrons. The highest BCUT2D eigenvalue weighted by Gasteiger charge is 2.34. The highest BCUT2D eigenvalue weighted by Crippen LogP contribution is 2.18. The number of carbonyl (C=O) groups excluding carboxylic acids is 1. The molecule has 3 N–H and O–H groups in total. The fraction of sp³-hybridized carbons (Fsp3) is 0.500. The molecule has 8 heteroatoms. The van der Waals surface area contributed by atoms with Crippen LogP contribution in [-0.2, 0) is 0 Å². The maximum Gasteiger partial charge on any atom is 0.321 e. The molecule has 2 rings (SSSR count). The number of nitrogens with one attached hydrogen (secondary N) is 1. The van der Waals surface area contributed by atoms with Gasteiger partial charge in [0.1, 0.15) is 11.6 Å². The number of benzene rings is 1. The average Bonchev–Trinajstić information content (AvgIpc) is 2.36. The van der Waals surface area contributed by atoms with Crippen LogP contribution in [0.2, 0.25) is 0 Å². The van der Waals surface area contributed by atoms with Crippen LogP contribution in [0, 0.1) is 11.6 Å². The number of urea groups is 1. The van der Waals surface area contributed by atoms with Crippen molar-refractivity contribution in [3.63, 3.8) is 0 Å². The monoisotopic (exact) mass is 315 g/mol. The summed E-state index contributed by atoms with van der Waals surface area (Å²) in [5.41, 5.74) is 0.0634. The first-order valence-electron chi connectivity index (χ1n) is 7.01. The minimum atomic E-state index is -0.756. The topological polar surface area (TPSA) is 76.0 Å². The molecule has 0 bridgehead atoms. The minimum Gasteiger partial charge on any atom is -0.395 e. The predicted molar refractivity (Wildman–Crippen MR) is 76.5 cm³/mol. The molecule has 1 aliphatic rings. The summed E-state index contributed by atoms with van der Waals surface area (Å²) < 4.78 is 26.1. The van der Waals surface area contributed by atoms with Gasteiger partial charge in [-0.2, -0.15) is 0 Å². The van der Waals surface area contributed by atoms with E-state index in [1.54, 1.807) is 0 Å². The van der Waals surface area contributed by atoms with E-state index < -0.39 is 17.7 Å². The average molecular weight is 315 g/mol. The van der Waals surface area contributed by atoms with Gasteiger partial charge in [-0.3, -0.25) is 4.90 Å². The number of aliphatic hydroxyl groups is 2. The molecule has 0 atom stereocenters. The molecule has 1 aromatic rings. The van der Waals surface area contributed by atoms with Crippen LogP contribution >= 0.6 is 0 Å². The molecular formula is C14H19F2N3O3. The first-order chi connectivity index (χ1) is 10.5. The van der Waals surface area contributed by atoms with Crippen molar-refractivity contribution in [1.29, 1.82) is 0 Å². The highest BCUT2D eigenvalue weighted by atomic mass is 19.1. The summed E-state index contributed by atoms with van der Waals surface area (Å²) in [4.78, 5) is 15.3. The van der Waals surface area contributed by atoms with Crippen LogP contribution < -0.4 is 5.32 Å². The van der Waals surface area contributed by atoms with Gasteiger partial charge in [-0.25, -0.2) is 13.6 Å². The summed E-state index contributed by atoms with van der Waals surface area (Å²) in [6, 6.07) is 2.45. The Morgan fingerprint density at radius 3 is 2.23 bits per heavy atom. The molecule has 1 heterocycles. The summed E-state index contributed by atoms with van der Waals surface area (Å²) in [5, 5.41) is 20.4. The van der Waals surface area contributed by atoms with E-state index in [4.69, 9.17) is 10.2 Å². The van der Waals surface area contributed by atoms with E-state index in [9.17, 15) is 13.6 Å². The lowest BCUT2D eigenvalue weighted by molar-refractivity contribution is 0.0393. The van der Waals surface area contributed by atoms with E-state index in [1.165, 1.54) is 4.90 Å². The van der Waals surface area contributed by atoms with Gasteiger partial charge in [-0.05, 0) is 12.1 Å². The van der Waals surface area contributed by atoms with Crippen molar-refractivity contribution in [1.82, 2.24) is 9.80 Å². The van der Waals surface area contributed by atoms with E-state index in [-0.39, 0.29) is 24.9 Å². The number of likely N-dealkylation sites (tertiary alicyclic amines) is 1. The number of aliphatic hydroxyl groups excluding tert-OH is 2. The van der Waals surface area contributed by atoms with Crippen LogP contribution in [0.3, 0.4) is 0 Å². The van der Waals surface area contributed by atoms with E-state index in [2.05, 4.69) is 5.32 Å². The third-order valence-corrected chi connectivity index (χ3v) is 3.55. The molecule has 22 heavy (non-hydrogen) atoms. The SMILES string of the molecule is O=C(Nc1cc(F)cc(F)c1)N1CC(N(CCO)CCO)C1. The first-order valence-corrected chi connectivity index (χ1v) is 7.01. The van der Waals surface area contributed by atoms with Crippen molar-refractivity contribution < 1.29 is 23.8 Å². The van der Waals surface area contributed by atoms with Crippen LogP contribution in [0.4, 0.5) is 19.3 Å². The van der Waals surface area contributed by atoms with E-state index >= 15 is 0 Å². The highest BCUT2D eigenvalue weighted by molar-refractivity contribution is 5.89. The Morgan fingerprint density at radius 2 is 1.73 bits per heavy atom. The lowest BCUT2D eigenvalue weighted by Gasteiger charge is -2.45. The molecule has 0 aliphatic carbocycles. The summed E-state index contributed by atoms with van der Waals surface area (Å²) in [7, 11) is 0. The molecule has 2 amide bonds. The van der Waals surface area contributed by atoms with Crippen LogP contribution in [0.15, 0.2) is 18.2 Å². The number of rotatable bonds is 6. The fourth-order valence-corrected chi connectivity index (χ4v) is 2.41. The molecule has 1 aliphatic heterocycles. The van der Waals surface area contributed by atoms with E-state index in [0.29, 0.717) is 26.2 Å². The van der Waals surface area contributed by atoms with Gasteiger partial charge in [-0.1, -0.05) is 0 Å². The van der Waals surface area contributed by atoms with Crippen molar-refractivity contribution in [3.05, 3.63) is 29.8 Å². The summed E-state index contributed by atoms with van der Waals surface area (Å²) >= 11 is 0. The Kier molecular flexibility index (Phi) is 5.64. The Balaban J connectivity index is 1.85. The Labute approximate surface area is 126 Å². The van der Waals surface area contributed by atoms with Gasteiger partial charge in [0.25, 0.3) is 0 Å². The van der Waals surface area contributed by atoms with Gasteiger partial charge in [0, 0.05) is 44.0 Å². The molecular weight excluding hydrogens is 296 g/mol. The smallest absolute Gasteiger partial charge is 0.321 e. The van der Waals surface area contributed by atoms with Crippen molar-refractivity contribution in [2.24, 2.45) is 0 Å². The van der Waals surface area contributed by atoms with Crippen molar-refractivity contribution in [2.75, 3.05) is 44.7 Å². The molecule has 1 saturated heterocycles. The van der Waals surface area contributed by atoms with Gasteiger partial charge < -0.3 is 20.4 Å². The zero-order valence-electron chi connectivity index (χ0n) is 12.0. The fourth-order valence-electron chi connectivity index (χ4n) is 2.41. The number of nitrogens with zero attached hydrogens (tertiary/aromatic N) is 2. The Hall–Kier alpha value is -1.77. The second-order valence-corrected chi connectivity index (χ2v) is 5.13. The van der Waals surface area contributed by atoms with Crippen molar-refractivity contribution in [2.45, 2.75) is 6.04 Å². The number of hydrogen-bond acceptors (Lipinski definition) is 4. The van der Waals surface area contributed by atoms with E-state index in [1.807, 2.05) is 4.90 Å². The number of halogens is 2. The number of carbonyl (C=O) groups is 1.